The molecule has 0 saturated carbocycles. The maximum Gasteiger partial charge on any atom is 0.248 e. The topological polar surface area (TPSA) is 42.0 Å². The summed E-state index contributed by atoms with van der Waals surface area (Å²) in [5.41, 5.74) is 0.751. The first-order valence-corrected chi connectivity index (χ1v) is 6.66. The van der Waals surface area contributed by atoms with Crippen LogP contribution in [0.15, 0.2) is 29.7 Å². The lowest BCUT2D eigenvalue weighted by Crippen LogP contribution is -2.09. The number of nitrogens with zero attached hydrogens (tertiary/aromatic N) is 1. The van der Waals surface area contributed by atoms with E-state index in [1.54, 1.807) is 6.08 Å². The Labute approximate surface area is 118 Å². The van der Waals surface area contributed by atoms with Crippen molar-refractivity contribution in [2.75, 3.05) is 5.32 Å². The molecule has 19 heavy (non-hydrogen) atoms. The van der Waals surface area contributed by atoms with Gasteiger partial charge in [-0.1, -0.05) is 11.6 Å². The van der Waals surface area contributed by atoms with Crippen LogP contribution in [0.3, 0.4) is 0 Å². The molecule has 1 amide bonds. The number of benzene rings is 1. The van der Waals surface area contributed by atoms with Crippen LogP contribution in [-0.4, -0.2) is 10.9 Å². The molecule has 1 aromatic carbocycles. The molecule has 1 N–H and O–H groups in total. The standard InChI is InChI=1S/C13H10ClFN2OS/c1-8-16-10(7-19-8)3-5-13(18)17-12-6-9(14)2-4-11(12)15/h2-7H,1H3,(H,17,18)/b5-3+. The lowest BCUT2D eigenvalue weighted by Gasteiger charge is -2.03. The number of halogens is 2. The van der Waals surface area contributed by atoms with E-state index >= 15 is 0 Å². The van der Waals surface area contributed by atoms with Gasteiger partial charge in [-0.05, 0) is 31.2 Å². The van der Waals surface area contributed by atoms with Gasteiger partial charge in [-0.2, -0.15) is 0 Å². The molecule has 0 spiro atoms. The Bertz CT molecular complexity index is 639. The second-order valence-corrected chi connectivity index (χ2v) is 5.24. The Hall–Kier alpha value is -1.72. The van der Waals surface area contributed by atoms with Crippen LogP contribution >= 0.6 is 22.9 Å². The van der Waals surface area contributed by atoms with E-state index in [0.717, 1.165) is 5.01 Å². The highest BCUT2D eigenvalue weighted by molar-refractivity contribution is 7.09. The largest absolute Gasteiger partial charge is 0.320 e. The number of rotatable bonds is 3. The van der Waals surface area contributed by atoms with Gasteiger partial charge < -0.3 is 5.32 Å². The normalized spacial score (nSPS) is 10.9. The highest BCUT2D eigenvalue weighted by Gasteiger charge is 2.05. The van der Waals surface area contributed by atoms with Gasteiger partial charge in [-0.15, -0.1) is 11.3 Å². The molecule has 0 saturated heterocycles. The molecule has 0 aliphatic rings. The van der Waals surface area contributed by atoms with E-state index in [4.69, 9.17) is 11.6 Å². The van der Waals surface area contributed by atoms with Crippen LogP contribution < -0.4 is 5.32 Å². The van der Waals surface area contributed by atoms with E-state index < -0.39 is 11.7 Å². The van der Waals surface area contributed by atoms with Crippen molar-refractivity contribution in [3.05, 3.63) is 51.2 Å². The Balaban J connectivity index is 2.05. The average Bonchev–Trinajstić information content (AvgIpc) is 2.77. The van der Waals surface area contributed by atoms with Gasteiger partial charge in [-0.25, -0.2) is 9.37 Å². The van der Waals surface area contributed by atoms with Crippen LogP contribution in [0.1, 0.15) is 10.7 Å². The fraction of sp³-hybridized carbons (Fsp3) is 0.0769. The van der Waals surface area contributed by atoms with E-state index in [1.807, 2.05) is 12.3 Å². The van der Waals surface area contributed by atoms with Crippen LogP contribution in [-0.2, 0) is 4.79 Å². The molecule has 0 unspecified atom stereocenters. The minimum atomic E-state index is -0.532. The minimum Gasteiger partial charge on any atom is -0.320 e. The number of carbonyl (C=O) groups excluding carboxylic acids is 1. The van der Waals surface area contributed by atoms with Crippen molar-refractivity contribution in [1.82, 2.24) is 4.98 Å². The maximum absolute atomic E-state index is 13.4. The summed E-state index contributed by atoms with van der Waals surface area (Å²) < 4.78 is 13.4. The molecular weight excluding hydrogens is 287 g/mol. The number of aromatic nitrogens is 1. The molecule has 0 radical (unpaired) electrons. The molecule has 1 aromatic heterocycles. The highest BCUT2D eigenvalue weighted by Crippen LogP contribution is 2.19. The molecule has 98 valence electrons. The number of carbonyl (C=O) groups is 1. The van der Waals surface area contributed by atoms with Crippen molar-refractivity contribution in [3.8, 4) is 0 Å². The van der Waals surface area contributed by atoms with Crippen molar-refractivity contribution in [3.63, 3.8) is 0 Å². The van der Waals surface area contributed by atoms with Gasteiger partial charge in [0.05, 0.1) is 16.4 Å². The average molecular weight is 297 g/mol. The first-order valence-electron chi connectivity index (χ1n) is 5.41. The Morgan fingerprint density at radius 1 is 1.53 bits per heavy atom. The van der Waals surface area contributed by atoms with Crippen LogP contribution in [0.2, 0.25) is 5.02 Å². The summed E-state index contributed by atoms with van der Waals surface area (Å²) >= 11 is 7.22. The molecule has 1 heterocycles. The smallest absolute Gasteiger partial charge is 0.248 e. The molecule has 2 rings (SSSR count). The fourth-order valence-corrected chi connectivity index (χ4v) is 2.14. The summed E-state index contributed by atoms with van der Waals surface area (Å²) in [5, 5.41) is 5.53. The Morgan fingerprint density at radius 3 is 3.00 bits per heavy atom. The summed E-state index contributed by atoms with van der Waals surface area (Å²) in [4.78, 5) is 15.8. The second kappa shape index (κ2) is 5.95. The zero-order chi connectivity index (χ0) is 13.8. The van der Waals surface area contributed by atoms with Gasteiger partial charge in [0, 0.05) is 16.5 Å². The monoisotopic (exact) mass is 296 g/mol. The molecule has 0 fully saturated rings. The molecule has 0 bridgehead atoms. The van der Waals surface area contributed by atoms with Crippen LogP contribution in [0.4, 0.5) is 10.1 Å². The Kier molecular flexibility index (Phi) is 4.29. The summed E-state index contributed by atoms with van der Waals surface area (Å²) in [6, 6.07) is 3.97. The van der Waals surface area contributed by atoms with E-state index in [-0.39, 0.29) is 5.69 Å². The molecule has 0 aliphatic heterocycles. The van der Waals surface area contributed by atoms with Gasteiger partial charge in [-0.3, -0.25) is 4.79 Å². The van der Waals surface area contributed by atoms with E-state index in [1.165, 1.54) is 35.6 Å². The van der Waals surface area contributed by atoms with Crippen LogP contribution in [0.5, 0.6) is 0 Å². The second-order valence-electron chi connectivity index (χ2n) is 3.74. The van der Waals surface area contributed by atoms with Crippen molar-refractivity contribution in [1.29, 1.82) is 0 Å². The lowest BCUT2D eigenvalue weighted by molar-refractivity contribution is -0.111. The zero-order valence-corrected chi connectivity index (χ0v) is 11.6. The molecule has 0 aliphatic carbocycles. The zero-order valence-electron chi connectivity index (χ0n) is 9.98. The van der Waals surface area contributed by atoms with Crippen molar-refractivity contribution < 1.29 is 9.18 Å². The van der Waals surface area contributed by atoms with Gasteiger partial charge in [0.2, 0.25) is 5.91 Å². The van der Waals surface area contributed by atoms with Crippen molar-refractivity contribution in [2.24, 2.45) is 0 Å². The fourth-order valence-electron chi connectivity index (χ4n) is 1.39. The molecular formula is C13H10ClFN2OS. The molecule has 6 heteroatoms. The predicted octanol–water partition coefficient (Wildman–Crippen LogP) is 3.90. The lowest BCUT2D eigenvalue weighted by atomic mass is 10.3. The first-order chi connectivity index (χ1) is 9.04. The number of aryl methyl sites for hydroxylation is 1. The third kappa shape index (κ3) is 3.87. The third-order valence-electron chi connectivity index (χ3n) is 2.23. The van der Waals surface area contributed by atoms with Crippen molar-refractivity contribution >= 4 is 40.6 Å². The van der Waals surface area contributed by atoms with Crippen LogP contribution in [0, 0.1) is 12.7 Å². The Morgan fingerprint density at radius 2 is 2.32 bits per heavy atom. The minimum absolute atomic E-state index is 0.0524. The van der Waals surface area contributed by atoms with Gasteiger partial charge in [0.25, 0.3) is 0 Å². The number of hydrogen-bond donors (Lipinski definition) is 1. The third-order valence-corrected chi connectivity index (χ3v) is 3.26. The number of thiazole rings is 1. The SMILES string of the molecule is Cc1nc(/C=C/C(=O)Nc2cc(Cl)ccc2F)cs1. The molecule has 0 atom stereocenters. The van der Waals surface area contributed by atoms with Crippen LogP contribution in [0.25, 0.3) is 6.08 Å². The summed E-state index contributed by atoms with van der Waals surface area (Å²) in [7, 11) is 0. The van der Waals surface area contributed by atoms with Gasteiger partial charge in [0.1, 0.15) is 5.82 Å². The number of nitrogens with one attached hydrogen (secondary N) is 1. The number of hydrogen-bond acceptors (Lipinski definition) is 3. The summed E-state index contributed by atoms with van der Waals surface area (Å²) in [6.07, 6.45) is 2.87. The summed E-state index contributed by atoms with van der Waals surface area (Å²) in [6.45, 7) is 1.88. The molecule has 3 nitrogen and oxygen atoms in total. The van der Waals surface area contributed by atoms with Gasteiger partial charge >= 0.3 is 0 Å². The quantitative estimate of drug-likeness (QED) is 0.873. The molecule has 2 aromatic rings. The van der Waals surface area contributed by atoms with E-state index in [0.29, 0.717) is 10.7 Å². The van der Waals surface area contributed by atoms with E-state index in [9.17, 15) is 9.18 Å². The van der Waals surface area contributed by atoms with E-state index in [2.05, 4.69) is 10.3 Å². The summed E-state index contributed by atoms with van der Waals surface area (Å²) in [5.74, 6) is -0.970. The maximum atomic E-state index is 13.4. The number of amides is 1. The predicted molar refractivity (Wildman–Crippen MR) is 75.9 cm³/mol. The highest BCUT2D eigenvalue weighted by atomic mass is 35.5. The van der Waals surface area contributed by atoms with Crippen molar-refractivity contribution in [2.45, 2.75) is 6.92 Å². The number of anilines is 1. The van der Waals surface area contributed by atoms with Gasteiger partial charge in [0.15, 0.2) is 0 Å². The first kappa shape index (κ1) is 13.7.